The molecule has 0 spiro atoms. The number of hydrogen-bond donors (Lipinski definition) is 1. The highest BCUT2D eigenvalue weighted by atomic mass is 16.6. The zero-order valence-corrected chi connectivity index (χ0v) is 31.0. The number of ether oxygens (including phenoxy) is 3. The molecule has 7 aromatic rings. The second-order valence-electron chi connectivity index (χ2n) is 13.8. The minimum Gasteiger partial charge on any atom is -0.497 e. The topological polar surface area (TPSA) is 91.7 Å². The fourth-order valence-electron chi connectivity index (χ4n) is 7.80. The van der Waals surface area contributed by atoms with Crippen LogP contribution in [0.25, 0.3) is 11.1 Å². The van der Waals surface area contributed by atoms with Crippen LogP contribution < -0.4 is 10.1 Å². The Morgan fingerprint density at radius 3 is 1.73 bits per heavy atom. The summed E-state index contributed by atoms with van der Waals surface area (Å²) in [7, 11) is 1.60. The van der Waals surface area contributed by atoms with E-state index < -0.39 is 23.6 Å². The van der Waals surface area contributed by atoms with Crippen LogP contribution in [0.3, 0.4) is 0 Å². The van der Waals surface area contributed by atoms with Crippen LogP contribution in [0.15, 0.2) is 176 Å². The molecular weight excluding hydrogens is 699 g/mol. The smallest absolute Gasteiger partial charge is 0.407 e. The summed E-state index contributed by atoms with van der Waals surface area (Å²) in [5.74, 6) is -0.0428. The molecule has 0 aliphatic heterocycles. The average Bonchev–Trinajstić information content (AvgIpc) is 3.86. The molecule has 0 unspecified atom stereocenters. The van der Waals surface area contributed by atoms with Crippen molar-refractivity contribution in [2.24, 2.45) is 0 Å². The number of hydrogen-bond acceptors (Lipinski definition) is 6. The number of benzene rings is 6. The first-order chi connectivity index (χ1) is 27.5. The van der Waals surface area contributed by atoms with Crippen molar-refractivity contribution in [3.05, 3.63) is 215 Å². The molecule has 0 saturated carbocycles. The minimum absolute atomic E-state index is 0.0132. The van der Waals surface area contributed by atoms with E-state index in [4.69, 9.17) is 19.2 Å². The highest BCUT2D eigenvalue weighted by Gasteiger charge is 2.39. The number of rotatable bonds is 13. The molecule has 1 aliphatic carbocycles. The molecule has 0 saturated heterocycles. The molecular formula is C48H41N3O5. The molecule has 0 bridgehead atoms. The molecule has 1 N–H and O–H groups in total. The number of carbonyl (C=O) groups is 2. The van der Waals surface area contributed by atoms with Gasteiger partial charge >= 0.3 is 12.1 Å². The van der Waals surface area contributed by atoms with Crippen LogP contribution in [0.2, 0.25) is 0 Å². The Balaban J connectivity index is 1.08. The second-order valence-corrected chi connectivity index (χ2v) is 13.8. The summed E-state index contributed by atoms with van der Waals surface area (Å²) in [5.41, 5.74) is 8.14. The van der Waals surface area contributed by atoms with Crippen molar-refractivity contribution in [3.8, 4) is 16.9 Å². The number of methoxy groups -OCH3 is 1. The van der Waals surface area contributed by atoms with Crippen LogP contribution in [0.5, 0.6) is 5.75 Å². The molecule has 8 rings (SSSR count). The lowest BCUT2D eigenvalue weighted by atomic mass is 9.77. The summed E-state index contributed by atoms with van der Waals surface area (Å²) < 4.78 is 19.0. The van der Waals surface area contributed by atoms with Crippen molar-refractivity contribution in [3.63, 3.8) is 0 Å². The van der Waals surface area contributed by atoms with Crippen LogP contribution in [0.1, 0.15) is 45.0 Å². The van der Waals surface area contributed by atoms with Crippen molar-refractivity contribution in [1.29, 1.82) is 0 Å². The largest absolute Gasteiger partial charge is 0.497 e. The van der Waals surface area contributed by atoms with Crippen LogP contribution >= 0.6 is 0 Å². The Bertz CT molecular complexity index is 2270. The third-order valence-corrected chi connectivity index (χ3v) is 10.5. The lowest BCUT2D eigenvalue weighted by Crippen LogP contribution is -2.44. The second kappa shape index (κ2) is 16.2. The van der Waals surface area contributed by atoms with Gasteiger partial charge in [-0.15, -0.1) is 0 Å². The zero-order valence-electron chi connectivity index (χ0n) is 31.0. The molecule has 278 valence electrons. The molecule has 1 amide bonds. The van der Waals surface area contributed by atoms with Crippen molar-refractivity contribution in [1.82, 2.24) is 14.9 Å². The van der Waals surface area contributed by atoms with E-state index in [1.54, 1.807) is 25.6 Å². The number of nitrogens with one attached hydrogen (secondary N) is 1. The molecule has 6 aromatic carbocycles. The molecule has 56 heavy (non-hydrogen) atoms. The van der Waals surface area contributed by atoms with E-state index in [1.165, 1.54) is 0 Å². The standard InChI is InChI=1S/C48H41N3O5/c1-54-39-27-25-34(26-28-39)31-55-46(52)45(50-47(53)56-32-44-42-23-13-11-21-40(42)41-22-12-14-24-43(41)44)29-38-30-51(33-49-38)48(35-15-5-2-6-16-35,36-17-7-3-8-18-36)37-19-9-4-10-20-37/h2-28,30,33,44-45H,29,31-32H2,1H3,(H,50,53)/t45-/m1/s1. The van der Waals surface area contributed by atoms with E-state index in [2.05, 4.69) is 70.5 Å². The number of carbonyl (C=O) groups excluding carboxylic acids is 2. The number of aromatic nitrogens is 2. The van der Waals surface area contributed by atoms with Gasteiger partial charge in [-0.25, -0.2) is 14.6 Å². The Labute approximate surface area is 326 Å². The molecule has 8 heteroatoms. The zero-order chi connectivity index (χ0) is 38.3. The Kier molecular flexibility index (Phi) is 10.4. The van der Waals surface area contributed by atoms with Gasteiger partial charge in [0.05, 0.1) is 19.1 Å². The number of alkyl carbamates (subject to hydrolysis) is 1. The molecule has 0 radical (unpaired) electrons. The van der Waals surface area contributed by atoms with Crippen molar-refractivity contribution in [2.45, 2.75) is 30.5 Å². The Morgan fingerprint density at radius 2 is 1.20 bits per heavy atom. The molecule has 1 aromatic heterocycles. The minimum atomic E-state index is -1.09. The number of nitrogens with zero attached hydrogens (tertiary/aromatic N) is 2. The van der Waals surface area contributed by atoms with Gasteiger partial charge in [-0.3, -0.25) is 0 Å². The van der Waals surface area contributed by atoms with E-state index in [9.17, 15) is 9.59 Å². The van der Waals surface area contributed by atoms with Crippen LogP contribution in [0, 0.1) is 0 Å². The maximum absolute atomic E-state index is 13.9. The Hall–Kier alpha value is -6.93. The maximum atomic E-state index is 13.9. The third kappa shape index (κ3) is 7.17. The normalized spacial score (nSPS) is 12.6. The van der Waals surface area contributed by atoms with Gasteiger partial charge in [-0.1, -0.05) is 152 Å². The summed E-state index contributed by atoms with van der Waals surface area (Å²) in [6.45, 7) is 0.120. The van der Waals surface area contributed by atoms with Crippen molar-refractivity contribution >= 4 is 12.1 Å². The summed E-state index contributed by atoms with van der Waals surface area (Å²) in [6, 6.07) is 53.3. The van der Waals surface area contributed by atoms with Gasteiger partial charge in [0.2, 0.25) is 0 Å². The fourth-order valence-corrected chi connectivity index (χ4v) is 7.80. The highest BCUT2D eigenvalue weighted by Crippen LogP contribution is 2.45. The fraction of sp³-hybridized carbons (Fsp3) is 0.146. The van der Waals surface area contributed by atoms with Gasteiger partial charge in [-0.2, -0.15) is 0 Å². The first kappa shape index (κ1) is 36.1. The van der Waals surface area contributed by atoms with E-state index in [1.807, 2.05) is 97.2 Å². The van der Waals surface area contributed by atoms with E-state index in [0.29, 0.717) is 11.4 Å². The van der Waals surface area contributed by atoms with Crippen LogP contribution in [0.4, 0.5) is 4.79 Å². The predicted octanol–water partition coefficient (Wildman–Crippen LogP) is 8.93. The molecule has 8 nitrogen and oxygen atoms in total. The van der Waals surface area contributed by atoms with Crippen molar-refractivity contribution < 1.29 is 23.8 Å². The number of imidazole rings is 1. The van der Waals surface area contributed by atoms with Crippen LogP contribution in [-0.2, 0) is 32.8 Å². The highest BCUT2D eigenvalue weighted by molar-refractivity contribution is 5.82. The first-order valence-corrected chi connectivity index (χ1v) is 18.7. The summed E-state index contributed by atoms with van der Waals surface area (Å²) in [4.78, 5) is 32.3. The third-order valence-electron chi connectivity index (χ3n) is 10.5. The lowest BCUT2D eigenvalue weighted by Gasteiger charge is -2.37. The van der Waals surface area contributed by atoms with Gasteiger partial charge in [0, 0.05) is 18.5 Å². The van der Waals surface area contributed by atoms with Gasteiger partial charge in [0.25, 0.3) is 0 Å². The van der Waals surface area contributed by atoms with Gasteiger partial charge in [0.1, 0.15) is 30.5 Å². The molecule has 1 heterocycles. The summed E-state index contributed by atoms with van der Waals surface area (Å²) in [6.07, 6.45) is 3.07. The van der Waals surface area contributed by atoms with E-state index in [0.717, 1.165) is 44.5 Å². The quantitative estimate of drug-likeness (QED) is 0.0939. The SMILES string of the molecule is COc1ccc(COC(=O)[C@@H](Cc2cn(C(c3ccccc3)(c3ccccc3)c3ccccc3)cn2)NC(=O)OCC2c3ccccc3-c3ccccc32)cc1. The Morgan fingerprint density at radius 1 is 0.679 bits per heavy atom. The monoisotopic (exact) mass is 739 g/mol. The average molecular weight is 740 g/mol. The van der Waals surface area contributed by atoms with E-state index >= 15 is 0 Å². The molecule has 0 fully saturated rings. The summed E-state index contributed by atoms with van der Waals surface area (Å²) >= 11 is 0. The first-order valence-electron chi connectivity index (χ1n) is 18.7. The molecule has 1 atom stereocenters. The predicted molar refractivity (Wildman–Crippen MR) is 215 cm³/mol. The number of amides is 1. The molecule has 1 aliphatic rings. The maximum Gasteiger partial charge on any atom is 0.407 e. The lowest BCUT2D eigenvalue weighted by molar-refractivity contribution is -0.147. The van der Waals surface area contributed by atoms with Gasteiger partial charge in [0.15, 0.2) is 0 Å². The van der Waals surface area contributed by atoms with Gasteiger partial charge in [-0.05, 0) is 56.6 Å². The van der Waals surface area contributed by atoms with Crippen LogP contribution in [-0.4, -0.2) is 41.4 Å². The summed E-state index contributed by atoms with van der Waals surface area (Å²) in [5, 5.41) is 2.83. The number of esters is 1. The van der Waals surface area contributed by atoms with Crippen molar-refractivity contribution in [2.75, 3.05) is 13.7 Å². The van der Waals surface area contributed by atoms with E-state index in [-0.39, 0.29) is 25.6 Å². The van der Waals surface area contributed by atoms with Gasteiger partial charge < -0.3 is 24.1 Å². The number of fused-ring (bicyclic) bond motifs is 3.